The first kappa shape index (κ1) is 16.6. The maximum absolute atomic E-state index is 12.7. The van der Waals surface area contributed by atoms with Gasteiger partial charge in [0, 0.05) is 13.1 Å². The van der Waals surface area contributed by atoms with Crippen molar-refractivity contribution < 1.29 is 4.79 Å². The van der Waals surface area contributed by atoms with E-state index < -0.39 is 0 Å². The predicted molar refractivity (Wildman–Crippen MR) is 90.5 cm³/mol. The summed E-state index contributed by atoms with van der Waals surface area (Å²) in [6, 6.07) is 0.114. The molecule has 1 fully saturated rings. The molecule has 0 spiro atoms. The Morgan fingerprint density at radius 3 is 2.88 bits per heavy atom. The largest absolute Gasteiger partial charge is 0.322 e. The number of aromatic nitrogens is 5. The zero-order valence-electron chi connectivity index (χ0n) is 14.7. The van der Waals surface area contributed by atoms with Crippen molar-refractivity contribution in [1.29, 1.82) is 0 Å². The fourth-order valence-corrected chi connectivity index (χ4v) is 3.44. The Balaban J connectivity index is 1.68. The summed E-state index contributed by atoms with van der Waals surface area (Å²) in [5, 5.41) is 11.6. The summed E-state index contributed by atoms with van der Waals surface area (Å²) in [5.41, 5.74) is 2.63. The number of aryl methyl sites for hydroxylation is 2. The molecule has 3 rings (SSSR count). The molecule has 0 bridgehead atoms. The standard InChI is InChI=1S/C16H25N7O/c1-11-15(12(2)21(4)20-11)19-16(24)13(3)23-7-5-6-14(23)8-22-10-17-9-18-22/h9-10,13-14H,5-8H2,1-4H3,(H,19,24). The van der Waals surface area contributed by atoms with Gasteiger partial charge in [0.25, 0.3) is 0 Å². The fraction of sp³-hybridized carbons (Fsp3) is 0.625. The summed E-state index contributed by atoms with van der Waals surface area (Å²) >= 11 is 0. The highest BCUT2D eigenvalue weighted by Gasteiger charge is 2.32. The van der Waals surface area contributed by atoms with Crippen LogP contribution in [0.2, 0.25) is 0 Å². The molecule has 8 nitrogen and oxygen atoms in total. The number of carbonyl (C=O) groups excluding carboxylic acids is 1. The van der Waals surface area contributed by atoms with Crippen molar-refractivity contribution >= 4 is 11.6 Å². The molecule has 2 unspecified atom stereocenters. The average molecular weight is 331 g/mol. The summed E-state index contributed by atoms with van der Waals surface area (Å²) in [4.78, 5) is 19.0. The van der Waals surface area contributed by atoms with Crippen molar-refractivity contribution in [1.82, 2.24) is 29.4 Å². The first-order valence-corrected chi connectivity index (χ1v) is 8.36. The van der Waals surface area contributed by atoms with Gasteiger partial charge in [-0.05, 0) is 40.2 Å². The lowest BCUT2D eigenvalue weighted by molar-refractivity contribution is -0.121. The van der Waals surface area contributed by atoms with Gasteiger partial charge in [-0.1, -0.05) is 0 Å². The van der Waals surface area contributed by atoms with Gasteiger partial charge in [0.15, 0.2) is 0 Å². The van der Waals surface area contributed by atoms with E-state index in [1.165, 1.54) is 0 Å². The van der Waals surface area contributed by atoms with Crippen molar-refractivity contribution in [3.8, 4) is 0 Å². The highest BCUT2D eigenvalue weighted by molar-refractivity contribution is 5.95. The minimum absolute atomic E-state index is 0.0136. The zero-order chi connectivity index (χ0) is 17.3. The number of nitrogens with one attached hydrogen (secondary N) is 1. The van der Waals surface area contributed by atoms with Crippen molar-refractivity contribution in [3.05, 3.63) is 24.0 Å². The van der Waals surface area contributed by atoms with Gasteiger partial charge in [0.1, 0.15) is 12.7 Å². The molecule has 2 aromatic rings. The number of hydrogen-bond donors (Lipinski definition) is 1. The third kappa shape index (κ3) is 3.19. The van der Waals surface area contributed by atoms with Gasteiger partial charge in [0.2, 0.25) is 5.91 Å². The van der Waals surface area contributed by atoms with Crippen LogP contribution in [0.1, 0.15) is 31.2 Å². The van der Waals surface area contributed by atoms with Gasteiger partial charge in [-0.15, -0.1) is 0 Å². The summed E-state index contributed by atoms with van der Waals surface area (Å²) in [6.45, 7) is 7.54. The van der Waals surface area contributed by atoms with Crippen LogP contribution in [0.5, 0.6) is 0 Å². The molecular formula is C16H25N7O. The van der Waals surface area contributed by atoms with E-state index >= 15 is 0 Å². The van der Waals surface area contributed by atoms with Crippen LogP contribution in [0.3, 0.4) is 0 Å². The van der Waals surface area contributed by atoms with Crippen LogP contribution in [0.4, 0.5) is 5.69 Å². The second-order valence-electron chi connectivity index (χ2n) is 6.49. The van der Waals surface area contributed by atoms with E-state index in [1.807, 2.05) is 32.5 Å². The lowest BCUT2D eigenvalue weighted by atomic mass is 10.2. The molecule has 1 saturated heterocycles. The summed E-state index contributed by atoms with van der Waals surface area (Å²) in [5.74, 6) is 0.0136. The summed E-state index contributed by atoms with van der Waals surface area (Å²) < 4.78 is 3.63. The lowest BCUT2D eigenvalue weighted by Crippen LogP contribution is -2.46. The molecule has 2 aromatic heterocycles. The zero-order valence-corrected chi connectivity index (χ0v) is 14.7. The third-order valence-electron chi connectivity index (χ3n) is 4.92. The number of anilines is 1. The van der Waals surface area contributed by atoms with E-state index in [1.54, 1.807) is 17.3 Å². The van der Waals surface area contributed by atoms with E-state index in [2.05, 4.69) is 25.4 Å². The Morgan fingerprint density at radius 1 is 1.46 bits per heavy atom. The molecule has 0 saturated carbocycles. The quantitative estimate of drug-likeness (QED) is 0.888. The molecule has 2 atom stereocenters. The van der Waals surface area contributed by atoms with Gasteiger partial charge in [0.05, 0.1) is 29.7 Å². The lowest BCUT2D eigenvalue weighted by Gasteiger charge is -2.29. The summed E-state index contributed by atoms with van der Waals surface area (Å²) in [7, 11) is 1.88. The molecule has 130 valence electrons. The molecule has 8 heteroatoms. The van der Waals surface area contributed by atoms with Crippen LogP contribution >= 0.6 is 0 Å². The van der Waals surface area contributed by atoms with Crippen molar-refractivity contribution in [2.24, 2.45) is 7.05 Å². The molecule has 1 amide bonds. The van der Waals surface area contributed by atoms with E-state index in [0.717, 1.165) is 43.0 Å². The van der Waals surface area contributed by atoms with E-state index in [0.29, 0.717) is 6.04 Å². The normalized spacial score (nSPS) is 19.6. The Labute approximate surface area is 141 Å². The smallest absolute Gasteiger partial charge is 0.241 e. The SMILES string of the molecule is Cc1nn(C)c(C)c1NC(=O)C(C)N1CCCC1Cn1cncn1. The van der Waals surface area contributed by atoms with Gasteiger partial charge < -0.3 is 5.32 Å². The van der Waals surface area contributed by atoms with Crippen molar-refractivity contribution in [2.45, 2.75) is 52.2 Å². The van der Waals surface area contributed by atoms with E-state index in [-0.39, 0.29) is 11.9 Å². The number of likely N-dealkylation sites (tertiary alicyclic amines) is 1. The number of rotatable bonds is 5. The van der Waals surface area contributed by atoms with Crippen molar-refractivity contribution in [3.63, 3.8) is 0 Å². The molecule has 1 aliphatic rings. The second-order valence-corrected chi connectivity index (χ2v) is 6.49. The van der Waals surface area contributed by atoms with Crippen LogP contribution in [-0.4, -0.2) is 54.0 Å². The second kappa shape index (κ2) is 6.72. The van der Waals surface area contributed by atoms with Crippen LogP contribution in [0.25, 0.3) is 0 Å². The van der Waals surface area contributed by atoms with Gasteiger partial charge in [-0.2, -0.15) is 10.2 Å². The number of carbonyl (C=O) groups is 1. The topological polar surface area (TPSA) is 80.9 Å². The van der Waals surface area contributed by atoms with Crippen LogP contribution in [0, 0.1) is 13.8 Å². The highest BCUT2D eigenvalue weighted by Crippen LogP contribution is 2.23. The Bertz CT molecular complexity index is 706. The van der Waals surface area contributed by atoms with Crippen molar-refractivity contribution in [2.75, 3.05) is 11.9 Å². The Kier molecular flexibility index (Phi) is 4.66. The minimum Gasteiger partial charge on any atom is -0.322 e. The minimum atomic E-state index is -0.194. The van der Waals surface area contributed by atoms with Crippen LogP contribution < -0.4 is 5.32 Å². The van der Waals surface area contributed by atoms with Crippen LogP contribution in [0.15, 0.2) is 12.7 Å². The number of nitrogens with zero attached hydrogens (tertiary/aromatic N) is 6. The third-order valence-corrected chi connectivity index (χ3v) is 4.92. The molecule has 0 radical (unpaired) electrons. The Morgan fingerprint density at radius 2 is 2.25 bits per heavy atom. The van der Waals surface area contributed by atoms with Gasteiger partial charge in [-0.3, -0.25) is 19.1 Å². The first-order chi connectivity index (χ1) is 11.5. The predicted octanol–water partition coefficient (Wildman–Crippen LogP) is 1.12. The molecule has 3 heterocycles. The monoisotopic (exact) mass is 331 g/mol. The number of hydrogen-bond acceptors (Lipinski definition) is 5. The van der Waals surface area contributed by atoms with E-state index in [9.17, 15) is 4.79 Å². The maximum atomic E-state index is 12.7. The molecule has 1 aliphatic heterocycles. The average Bonchev–Trinajstić information content (AvgIpc) is 3.26. The van der Waals surface area contributed by atoms with Gasteiger partial charge >= 0.3 is 0 Å². The Hall–Kier alpha value is -2.22. The maximum Gasteiger partial charge on any atom is 0.241 e. The molecule has 24 heavy (non-hydrogen) atoms. The molecular weight excluding hydrogens is 306 g/mol. The van der Waals surface area contributed by atoms with E-state index in [4.69, 9.17) is 0 Å². The molecule has 1 N–H and O–H groups in total. The van der Waals surface area contributed by atoms with Crippen LogP contribution in [-0.2, 0) is 18.4 Å². The summed E-state index contributed by atoms with van der Waals surface area (Å²) in [6.07, 6.45) is 5.44. The van der Waals surface area contributed by atoms with Gasteiger partial charge in [-0.25, -0.2) is 4.98 Å². The first-order valence-electron chi connectivity index (χ1n) is 8.36. The fourth-order valence-electron chi connectivity index (χ4n) is 3.44. The highest BCUT2D eigenvalue weighted by atomic mass is 16.2. The molecule has 0 aliphatic carbocycles. The molecule has 0 aromatic carbocycles. The number of amides is 1.